The molecular formula is C12H13N3O. The summed E-state index contributed by atoms with van der Waals surface area (Å²) in [5.41, 5.74) is 2.48. The first-order valence-electron chi connectivity index (χ1n) is 4.77. The van der Waals surface area contributed by atoms with Gasteiger partial charge in [0.05, 0.1) is 0 Å². The molecule has 0 aliphatic heterocycles. The van der Waals surface area contributed by atoms with Gasteiger partial charge in [0.15, 0.2) is 0 Å². The second kappa shape index (κ2) is 3.34. The molecule has 0 radical (unpaired) electrons. The van der Waals surface area contributed by atoms with Crippen molar-refractivity contribution < 1.29 is 5.11 Å². The topological polar surface area (TPSA) is 34.0 Å². The molecule has 1 N–H and O–H groups in total. The molecule has 0 bridgehead atoms. The van der Waals surface area contributed by atoms with E-state index in [2.05, 4.69) is 26.3 Å². The molecule has 0 fully saturated rings. The van der Waals surface area contributed by atoms with Gasteiger partial charge >= 0.3 is 0 Å². The summed E-state index contributed by atoms with van der Waals surface area (Å²) in [5, 5.41) is 9.46. The van der Waals surface area contributed by atoms with Crippen LogP contribution in [-0.2, 0) is 0 Å². The van der Waals surface area contributed by atoms with E-state index in [1.54, 1.807) is 29.1 Å². The van der Waals surface area contributed by atoms with Crippen LogP contribution in [0.1, 0.15) is 11.4 Å². The molecule has 82 valence electrons. The van der Waals surface area contributed by atoms with Crippen LogP contribution in [-0.4, -0.2) is 19.2 Å². The molecule has 4 heteroatoms. The van der Waals surface area contributed by atoms with Crippen LogP contribution in [0.3, 0.4) is 0 Å². The molecule has 0 aliphatic carbocycles. The van der Waals surface area contributed by atoms with Crippen LogP contribution in [0.2, 0.25) is 0 Å². The first kappa shape index (κ1) is 10.2. The second-order valence-corrected chi connectivity index (χ2v) is 3.28. The zero-order valence-electron chi connectivity index (χ0n) is 8.93. The van der Waals surface area contributed by atoms with Gasteiger partial charge in [-0.2, -0.15) is 0 Å². The number of hydrogen-bond donors (Lipinski definition) is 1. The Morgan fingerprint density at radius 3 is 1.88 bits per heavy atom. The minimum absolute atomic E-state index is 0.0128. The highest BCUT2D eigenvalue weighted by Crippen LogP contribution is 2.26. The van der Waals surface area contributed by atoms with Crippen LogP contribution in [0.4, 0.5) is 0 Å². The standard InChI is InChI=1S/C12H13N3O/c1-5-8-12(9(4)16)15-13-10(6-2)11(7-3)14(13)15/h5-8,16H,1-4H2/b12-8+. The zero-order chi connectivity index (χ0) is 11.9. The lowest BCUT2D eigenvalue weighted by molar-refractivity contribution is 0.435. The fraction of sp³-hybridized carbons (Fsp3) is 0. The molecule has 0 saturated heterocycles. The maximum absolute atomic E-state index is 9.46. The van der Waals surface area contributed by atoms with Gasteiger partial charge in [0.2, 0.25) is 0 Å². The summed E-state index contributed by atoms with van der Waals surface area (Å²) < 4.78 is 3.70. The molecule has 2 rings (SSSR count). The number of nitrogens with zero attached hydrogens (tertiary/aromatic N) is 3. The SMILES string of the molecule is C=C/C=C(\C(=C)O)n1n2c(C=C)c(C=C)n12. The summed E-state index contributed by atoms with van der Waals surface area (Å²) >= 11 is 0. The molecule has 0 spiro atoms. The molecule has 0 amide bonds. The quantitative estimate of drug-likeness (QED) is 0.603. The van der Waals surface area contributed by atoms with Crippen molar-refractivity contribution in [1.82, 2.24) is 14.1 Å². The van der Waals surface area contributed by atoms with Crippen molar-refractivity contribution >= 4 is 17.8 Å². The summed E-state index contributed by atoms with van der Waals surface area (Å²) in [4.78, 5) is 1.76. The lowest BCUT2D eigenvalue weighted by Gasteiger charge is -1.97. The van der Waals surface area contributed by atoms with Crippen molar-refractivity contribution in [2.24, 2.45) is 0 Å². The van der Waals surface area contributed by atoms with E-state index in [9.17, 15) is 5.11 Å². The van der Waals surface area contributed by atoms with Crippen molar-refractivity contribution in [3.8, 4) is 0 Å². The predicted octanol–water partition coefficient (Wildman–Crippen LogP) is 2.66. The highest BCUT2D eigenvalue weighted by molar-refractivity contribution is 5.66. The van der Waals surface area contributed by atoms with Crippen LogP contribution >= 0.6 is 0 Å². The Morgan fingerprint density at radius 1 is 1.06 bits per heavy atom. The largest absolute Gasteiger partial charge is 0.506 e. The summed E-state index contributed by atoms with van der Waals surface area (Å²) in [5.74, 6) is -0.0128. The Labute approximate surface area is 93.3 Å². The molecular weight excluding hydrogens is 202 g/mol. The van der Waals surface area contributed by atoms with Gasteiger partial charge in [-0.15, -0.1) is 14.1 Å². The lowest BCUT2D eigenvalue weighted by Crippen LogP contribution is -1.98. The molecule has 0 atom stereocenters. The van der Waals surface area contributed by atoms with E-state index >= 15 is 0 Å². The average Bonchev–Trinajstić information content (AvgIpc) is 2.84. The Balaban J connectivity index is 2.53. The van der Waals surface area contributed by atoms with Gasteiger partial charge in [0.1, 0.15) is 22.8 Å². The van der Waals surface area contributed by atoms with E-state index in [0.717, 1.165) is 11.4 Å². The minimum Gasteiger partial charge on any atom is -0.506 e. The van der Waals surface area contributed by atoms with Crippen molar-refractivity contribution in [1.29, 1.82) is 0 Å². The monoisotopic (exact) mass is 215 g/mol. The zero-order valence-corrected chi connectivity index (χ0v) is 8.93. The third kappa shape index (κ3) is 1.10. The van der Waals surface area contributed by atoms with Crippen LogP contribution in [0.15, 0.2) is 44.2 Å². The van der Waals surface area contributed by atoms with E-state index in [-0.39, 0.29) is 5.76 Å². The molecule has 2 heterocycles. The maximum Gasteiger partial charge on any atom is 0.135 e. The number of aliphatic hydroxyl groups excluding tert-OH is 1. The van der Waals surface area contributed by atoms with Gasteiger partial charge in [-0.3, -0.25) is 0 Å². The average molecular weight is 215 g/mol. The van der Waals surface area contributed by atoms with Crippen molar-refractivity contribution in [2.75, 3.05) is 0 Å². The summed E-state index contributed by atoms with van der Waals surface area (Å²) in [6.45, 7) is 14.5. The van der Waals surface area contributed by atoms with Crippen molar-refractivity contribution in [3.63, 3.8) is 0 Å². The second-order valence-electron chi connectivity index (χ2n) is 3.28. The van der Waals surface area contributed by atoms with Gasteiger partial charge in [-0.25, -0.2) is 0 Å². The first-order valence-corrected chi connectivity index (χ1v) is 4.77. The Morgan fingerprint density at radius 2 is 1.56 bits per heavy atom. The number of fused-ring (bicyclic) bond motifs is 1. The van der Waals surface area contributed by atoms with E-state index in [0.29, 0.717) is 5.70 Å². The number of hydrogen-bond acceptors (Lipinski definition) is 1. The van der Waals surface area contributed by atoms with Gasteiger partial charge in [0, 0.05) is 0 Å². The highest BCUT2D eigenvalue weighted by Gasteiger charge is 2.28. The molecule has 2 aromatic rings. The van der Waals surface area contributed by atoms with E-state index in [1.807, 2.05) is 9.26 Å². The first-order chi connectivity index (χ1) is 7.67. The number of allylic oxidation sites excluding steroid dienone is 3. The van der Waals surface area contributed by atoms with E-state index in [1.165, 1.54) is 0 Å². The summed E-state index contributed by atoms with van der Waals surface area (Å²) in [7, 11) is 0. The number of aromatic nitrogens is 3. The number of rotatable bonds is 5. The summed E-state index contributed by atoms with van der Waals surface area (Å²) in [6, 6.07) is 0. The lowest BCUT2D eigenvalue weighted by atomic mass is 10.3. The van der Waals surface area contributed by atoms with Crippen LogP contribution < -0.4 is 0 Å². The van der Waals surface area contributed by atoms with Gasteiger partial charge < -0.3 is 5.11 Å². The molecule has 0 saturated carbocycles. The van der Waals surface area contributed by atoms with Crippen molar-refractivity contribution in [3.05, 3.63) is 55.6 Å². The minimum atomic E-state index is -0.0128. The van der Waals surface area contributed by atoms with E-state index in [4.69, 9.17) is 0 Å². The van der Waals surface area contributed by atoms with E-state index < -0.39 is 0 Å². The Kier molecular flexibility index (Phi) is 2.12. The van der Waals surface area contributed by atoms with Crippen LogP contribution in [0, 0.1) is 0 Å². The smallest absolute Gasteiger partial charge is 0.135 e. The predicted molar refractivity (Wildman–Crippen MR) is 66.4 cm³/mol. The van der Waals surface area contributed by atoms with Gasteiger partial charge in [-0.1, -0.05) is 32.4 Å². The Bertz CT molecular complexity index is 569. The van der Waals surface area contributed by atoms with Crippen LogP contribution in [0.25, 0.3) is 17.8 Å². The normalized spacial score (nSPS) is 12.1. The third-order valence-electron chi connectivity index (χ3n) is 2.37. The summed E-state index contributed by atoms with van der Waals surface area (Å²) in [6.07, 6.45) is 6.75. The molecule has 16 heavy (non-hydrogen) atoms. The van der Waals surface area contributed by atoms with Crippen molar-refractivity contribution in [2.45, 2.75) is 0 Å². The molecule has 0 unspecified atom stereocenters. The van der Waals surface area contributed by atoms with Gasteiger partial charge in [-0.05, 0) is 18.2 Å². The Hall–Kier alpha value is -2.36. The molecule has 4 nitrogen and oxygen atoms in total. The number of aliphatic hydroxyl groups is 1. The third-order valence-corrected chi connectivity index (χ3v) is 2.37. The molecule has 2 aromatic heterocycles. The highest BCUT2D eigenvalue weighted by atomic mass is 16.3. The van der Waals surface area contributed by atoms with Crippen LogP contribution in [0.5, 0.6) is 0 Å². The maximum atomic E-state index is 9.46. The van der Waals surface area contributed by atoms with Gasteiger partial charge in [0.25, 0.3) is 0 Å². The fourth-order valence-corrected chi connectivity index (χ4v) is 1.66. The molecule has 0 aliphatic rings. The molecule has 0 aromatic carbocycles. The fourth-order valence-electron chi connectivity index (χ4n) is 1.66.